The van der Waals surface area contributed by atoms with E-state index < -0.39 is 21.5 Å². The molecular weight excluding hydrogens is 749 g/mol. The molecule has 3 aliphatic carbocycles. The van der Waals surface area contributed by atoms with Crippen LogP contribution in [0.1, 0.15) is 54.7 Å². The molecule has 0 bridgehead atoms. The molecule has 8 aromatic rings. The fourth-order valence-corrected chi connectivity index (χ4v) is 10.4. The van der Waals surface area contributed by atoms with E-state index in [4.69, 9.17) is 4.74 Å². The zero-order valence-corrected chi connectivity index (χ0v) is 32.7. The summed E-state index contributed by atoms with van der Waals surface area (Å²) in [5.41, 5.74) is 10.0. The normalized spacial score (nSPS) is 14.3. The van der Waals surface area contributed by atoms with Crippen molar-refractivity contribution in [2.75, 3.05) is 0 Å². The summed E-state index contributed by atoms with van der Waals surface area (Å²) in [7, 11) is -4.90. The number of carbonyl (C=O) groups excluding carboxylic acids is 1. The number of hydrogen-bond donors (Lipinski definition) is 1. The summed E-state index contributed by atoms with van der Waals surface area (Å²) >= 11 is 0. The van der Waals surface area contributed by atoms with Crippen molar-refractivity contribution in [3.8, 4) is 33.4 Å². The molecule has 3 aliphatic rings. The highest BCUT2D eigenvalue weighted by atomic mass is 32.2. The van der Waals surface area contributed by atoms with Gasteiger partial charge in [-0.15, -0.1) is 0 Å². The van der Waals surface area contributed by atoms with E-state index in [0.29, 0.717) is 17.5 Å². The van der Waals surface area contributed by atoms with E-state index in [2.05, 4.69) is 140 Å². The summed E-state index contributed by atoms with van der Waals surface area (Å²) in [6.07, 6.45) is 15.1. The van der Waals surface area contributed by atoms with Crippen molar-refractivity contribution in [1.29, 1.82) is 0 Å². The van der Waals surface area contributed by atoms with E-state index in [1.807, 2.05) is 0 Å². The molecule has 11 rings (SSSR count). The Morgan fingerprint density at radius 2 is 1.10 bits per heavy atom. The van der Waals surface area contributed by atoms with Gasteiger partial charge in [-0.05, 0) is 130 Å². The van der Waals surface area contributed by atoms with Gasteiger partial charge in [0.15, 0.2) is 0 Å². The number of hydrogen-bond acceptors (Lipinski definition) is 4. The number of benzene rings is 8. The second-order valence-corrected chi connectivity index (χ2v) is 17.0. The van der Waals surface area contributed by atoms with Crippen LogP contribution < -0.4 is 0 Å². The number of rotatable bonds is 7. The molecule has 0 aliphatic heterocycles. The van der Waals surface area contributed by atoms with Crippen molar-refractivity contribution in [2.45, 2.75) is 24.7 Å². The second-order valence-electron chi connectivity index (χ2n) is 15.5. The first-order valence-electron chi connectivity index (χ1n) is 19.9. The lowest BCUT2D eigenvalue weighted by atomic mass is 9.79. The van der Waals surface area contributed by atoms with Crippen LogP contribution in [0.5, 0.6) is 0 Å². The predicted octanol–water partition coefficient (Wildman–Crippen LogP) is 12.6. The van der Waals surface area contributed by atoms with Crippen molar-refractivity contribution < 1.29 is 22.5 Å². The van der Waals surface area contributed by atoms with Crippen LogP contribution in [0.2, 0.25) is 0 Å². The van der Waals surface area contributed by atoms with Gasteiger partial charge >= 0.3 is 16.1 Å². The van der Waals surface area contributed by atoms with E-state index in [1.54, 1.807) is 18.2 Å². The van der Waals surface area contributed by atoms with Crippen LogP contribution in [0.25, 0.3) is 83.9 Å². The minimum atomic E-state index is -4.90. The maximum atomic E-state index is 15.3. The summed E-state index contributed by atoms with van der Waals surface area (Å²) < 4.78 is 42.9. The smallest absolute Gasteiger partial charge is 0.341 e. The van der Waals surface area contributed by atoms with Gasteiger partial charge in [0.05, 0.1) is 5.56 Å². The van der Waals surface area contributed by atoms with Crippen molar-refractivity contribution >= 4 is 66.6 Å². The predicted molar refractivity (Wildman–Crippen MR) is 240 cm³/mol. The molecular formula is C53H36O5S. The molecule has 0 aromatic heterocycles. The van der Waals surface area contributed by atoms with Crippen LogP contribution in [0.4, 0.5) is 0 Å². The lowest BCUT2D eigenvalue weighted by Crippen LogP contribution is -2.21. The summed E-state index contributed by atoms with van der Waals surface area (Å²) in [5, 5.41) is 6.79. The highest BCUT2D eigenvalue weighted by Gasteiger charge is 2.34. The van der Waals surface area contributed by atoms with Gasteiger partial charge in [0.25, 0.3) is 5.44 Å². The van der Waals surface area contributed by atoms with Crippen molar-refractivity contribution in [3.05, 3.63) is 196 Å². The van der Waals surface area contributed by atoms with Crippen LogP contribution in [-0.2, 0) is 34.1 Å². The van der Waals surface area contributed by atoms with Gasteiger partial charge in [0, 0.05) is 5.56 Å². The maximum Gasteiger partial charge on any atom is 0.341 e. The number of allylic oxidation sites excluding steroid dienone is 3. The summed E-state index contributed by atoms with van der Waals surface area (Å²) in [6.45, 7) is 0. The number of carbonyl (C=O) groups is 1. The average molecular weight is 785 g/mol. The fraction of sp³-hybridized carbons (Fsp3) is 0.0755. The highest BCUT2D eigenvalue weighted by Crippen LogP contribution is 2.47. The van der Waals surface area contributed by atoms with Crippen LogP contribution >= 0.6 is 0 Å². The third-order valence-electron chi connectivity index (χ3n) is 12.2. The lowest BCUT2D eigenvalue weighted by Gasteiger charge is -2.25. The van der Waals surface area contributed by atoms with Crippen molar-refractivity contribution in [3.63, 3.8) is 0 Å². The van der Waals surface area contributed by atoms with Gasteiger partial charge in [0.2, 0.25) is 0 Å². The highest BCUT2D eigenvalue weighted by molar-refractivity contribution is 7.85. The van der Waals surface area contributed by atoms with Gasteiger partial charge in [-0.1, -0.05) is 158 Å². The second kappa shape index (κ2) is 13.6. The van der Waals surface area contributed by atoms with E-state index in [-0.39, 0.29) is 11.1 Å². The lowest BCUT2D eigenvalue weighted by molar-refractivity contribution is 0.0429. The fourth-order valence-electron chi connectivity index (χ4n) is 9.68. The maximum absolute atomic E-state index is 15.3. The molecule has 5 nitrogen and oxygen atoms in total. The molecule has 0 heterocycles. The van der Waals surface area contributed by atoms with E-state index in [1.165, 1.54) is 39.6 Å². The van der Waals surface area contributed by atoms with Gasteiger partial charge < -0.3 is 4.74 Å². The average Bonchev–Trinajstić information content (AvgIpc) is 3.26. The minimum absolute atomic E-state index is 0.145. The quantitative estimate of drug-likeness (QED) is 0.129. The Morgan fingerprint density at radius 3 is 1.76 bits per heavy atom. The van der Waals surface area contributed by atoms with Crippen LogP contribution in [0.15, 0.2) is 152 Å². The zero-order chi connectivity index (χ0) is 39.8. The third kappa shape index (κ3) is 5.78. The monoisotopic (exact) mass is 784 g/mol. The Bertz CT molecular complexity index is 3320. The Labute approximate surface area is 342 Å². The Morgan fingerprint density at radius 1 is 0.542 bits per heavy atom. The van der Waals surface area contributed by atoms with Crippen LogP contribution in [0, 0.1) is 0 Å². The molecule has 8 aromatic carbocycles. The molecule has 6 heteroatoms. The topological polar surface area (TPSA) is 80.7 Å². The third-order valence-corrected chi connectivity index (χ3v) is 13.1. The molecule has 0 radical (unpaired) electrons. The molecule has 0 saturated heterocycles. The Balaban J connectivity index is 1.26. The van der Waals surface area contributed by atoms with E-state index in [0.717, 1.165) is 73.3 Å². The van der Waals surface area contributed by atoms with E-state index >= 15 is 4.79 Å². The standard InChI is InChI=1S/C53H36O5S/c54-52(58-53(59(55,56)57)38-10-2-1-3-11-38)51-46(41-28-25-36-16-5-13-33-19-8-22-44(41)49(33)36)30-39(40-27-24-35-15-4-12-32-18-7-21-43(40)48(32)35)31-47(51)42-29-26-37-17-6-14-34-20-9-23-45(42)50(34)37/h1-19,23-31,53H,20-22H2,(H,55,56,57). The molecule has 284 valence electrons. The zero-order valence-electron chi connectivity index (χ0n) is 31.9. The van der Waals surface area contributed by atoms with Gasteiger partial charge in [0.1, 0.15) is 0 Å². The number of ether oxygens (including phenoxy) is 1. The molecule has 1 N–H and O–H groups in total. The number of esters is 1. The molecule has 1 atom stereocenters. The molecule has 0 spiro atoms. The van der Waals surface area contributed by atoms with Gasteiger partial charge in [-0.2, -0.15) is 8.42 Å². The Kier molecular flexibility index (Phi) is 8.16. The first-order chi connectivity index (χ1) is 28.8. The summed E-state index contributed by atoms with van der Waals surface area (Å²) in [4.78, 5) is 15.3. The van der Waals surface area contributed by atoms with Crippen LogP contribution in [0.3, 0.4) is 0 Å². The van der Waals surface area contributed by atoms with Gasteiger partial charge in [-0.25, -0.2) is 4.79 Å². The van der Waals surface area contributed by atoms with Gasteiger partial charge in [-0.3, -0.25) is 4.55 Å². The summed E-state index contributed by atoms with van der Waals surface area (Å²) in [6, 6.07) is 43.9. The largest absolute Gasteiger partial charge is 0.435 e. The first kappa shape index (κ1) is 35.3. The van der Waals surface area contributed by atoms with Crippen molar-refractivity contribution in [2.24, 2.45) is 0 Å². The molecule has 1 unspecified atom stereocenters. The molecule has 0 amide bonds. The first-order valence-corrected chi connectivity index (χ1v) is 21.4. The SMILES string of the molecule is O=C(OC(c1ccccc1)S(=O)(=O)O)c1c(-c2ccc3cccc4c3c2C=CC4)cc(-c2ccc3cccc4c3c2CC=C4)cc1-c1ccc2cccc3c2c1CC=C3. The minimum Gasteiger partial charge on any atom is -0.435 e. The summed E-state index contributed by atoms with van der Waals surface area (Å²) in [5.74, 6) is -0.856. The molecule has 0 fully saturated rings. The molecule has 59 heavy (non-hydrogen) atoms. The van der Waals surface area contributed by atoms with Crippen molar-refractivity contribution in [1.82, 2.24) is 0 Å². The van der Waals surface area contributed by atoms with Crippen LogP contribution in [-0.4, -0.2) is 18.9 Å². The van der Waals surface area contributed by atoms with E-state index in [9.17, 15) is 13.0 Å². The Hall–Kier alpha value is -6.86. The molecule has 0 saturated carbocycles.